The Bertz CT molecular complexity index is 699. The van der Waals surface area contributed by atoms with E-state index < -0.39 is 29.5 Å². The first-order valence-electron chi connectivity index (χ1n) is 6.02. The van der Waals surface area contributed by atoms with Gasteiger partial charge in [-0.15, -0.1) is 12.6 Å². The van der Waals surface area contributed by atoms with Crippen molar-refractivity contribution in [2.45, 2.75) is 29.9 Å². The third-order valence-electron chi connectivity index (χ3n) is 3.55. The average Bonchev–Trinajstić information content (AvgIpc) is 2.94. The van der Waals surface area contributed by atoms with Crippen molar-refractivity contribution in [2.75, 3.05) is 6.61 Å². The van der Waals surface area contributed by atoms with Crippen LogP contribution in [0, 0.1) is 0 Å². The van der Waals surface area contributed by atoms with Crippen molar-refractivity contribution >= 4 is 35.4 Å². The normalized spacial score (nSPS) is 36.5. The summed E-state index contributed by atoms with van der Waals surface area (Å²) in [5.41, 5.74) is -1.67. The first-order chi connectivity index (χ1) is 9.81. The zero-order valence-electron chi connectivity index (χ0n) is 10.8. The Morgan fingerprint density at radius 2 is 2.24 bits per heavy atom. The van der Waals surface area contributed by atoms with E-state index in [-0.39, 0.29) is 16.3 Å². The Morgan fingerprint density at radius 1 is 1.52 bits per heavy atom. The SMILES string of the molecule is CC1(F)C(O)[C@@](S)(CO)O[C@H]1n1cnc2c(Cl)ncnc21. The van der Waals surface area contributed by atoms with Crippen LogP contribution in [0.1, 0.15) is 13.2 Å². The maximum absolute atomic E-state index is 14.9. The fourth-order valence-electron chi connectivity index (χ4n) is 2.40. The molecule has 0 aliphatic carbocycles. The highest BCUT2D eigenvalue weighted by Gasteiger charge is 2.61. The number of hydrogen-bond donors (Lipinski definition) is 3. The first-order valence-corrected chi connectivity index (χ1v) is 6.85. The predicted molar refractivity (Wildman–Crippen MR) is 74.8 cm³/mol. The molecule has 3 rings (SSSR count). The Labute approximate surface area is 129 Å². The number of rotatable bonds is 2. The lowest BCUT2D eigenvalue weighted by molar-refractivity contribution is -0.0723. The summed E-state index contributed by atoms with van der Waals surface area (Å²) in [4.78, 5) is 10.1. The van der Waals surface area contributed by atoms with Gasteiger partial charge in [0, 0.05) is 0 Å². The van der Waals surface area contributed by atoms with Gasteiger partial charge in [-0.1, -0.05) is 11.6 Å². The zero-order valence-corrected chi connectivity index (χ0v) is 12.5. The van der Waals surface area contributed by atoms with Crippen LogP contribution in [0.15, 0.2) is 12.7 Å². The molecule has 21 heavy (non-hydrogen) atoms. The van der Waals surface area contributed by atoms with Gasteiger partial charge in [0.25, 0.3) is 0 Å². The van der Waals surface area contributed by atoms with E-state index in [4.69, 9.17) is 16.3 Å². The number of fused-ring (bicyclic) bond motifs is 1. The molecule has 2 unspecified atom stereocenters. The fraction of sp³-hybridized carbons (Fsp3) is 0.545. The smallest absolute Gasteiger partial charge is 0.182 e. The minimum absolute atomic E-state index is 0.122. The van der Waals surface area contributed by atoms with Gasteiger partial charge < -0.3 is 14.9 Å². The molecule has 2 N–H and O–H groups in total. The summed E-state index contributed by atoms with van der Waals surface area (Å²) in [7, 11) is 0. The van der Waals surface area contributed by atoms with E-state index in [0.29, 0.717) is 0 Å². The van der Waals surface area contributed by atoms with Crippen LogP contribution >= 0.6 is 24.2 Å². The van der Waals surface area contributed by atoms with Gasteiger partial charge in [-0.25, -0.2) is 19.3 Å². The van der Waals surface area contributed by atoms with Gasteiger partial charge in [-0.2, -0.15) is 0 Å². The lowest BCUT2D eigenvalue weighted by atomic mass is 9.98. The predicted octanol–water partition coefficient (Wildman–Crippen LogP) is 0.716. The van der Waals surface area contributed by atoms with E-state index in [0.717, 1.165) is 6.92 Å². The quantitative estimate of drug-likeness (QED) is 0.553. The van der Waals surface area contributed by atoms with E-state index in [1.54, 1.807) is 0 Å². The van der Waals surface area contributed by atoms with Gasteiger partial charge >= 0.3 is 0 Å². The number of ether oxygens (including phenoxy) is 1. The van der Waals surface area contributed by atoms with Gasteiger partial charge in [0.05, 0.1) is 12.9 Å². The molecule has 10 heteroatoms. The Balaban J connectivity index is 2.13. The highest BCUT2D eigenvalue weighted by molar-refractivity contribution is 7.81. The minimum Gasteiger partial charge on any atom is -0.392 e. The van der Waals surface area contributed by atoms with Crippen molar-refractivity contribution in [2.24, 2.45) is 0 Å². The second-order valence-electron chi connectivity index (χ2n) is 5.02. The lowest BCUT2D eigenvalue weighted by Crippen LogP contribution is -2.45. The molecule has 7 nitrogen and oxygen atoms in total. The average molecular weight is 335 g/mol. The van der Waals surface area contributed by atoms with Crippen LogP contribution in [-0.4, -0.2) is 53.0 Å². The summed E-state index contributed by atoms with van der Waals surface area (Å²) < 4.78 is 21.6. The minimum atomic E-state index is -2.21. The van der Waals surface area contributed by atoms with Crippen LogP contribution in [0.5, 0.6) is 0 Å². The standard InChI is InChI=1S/C11H12ClFN4O3S/c1-10(13)8(19)11(21,2-18)20-9(10)17-4-16-5-6(12)14-3-15-7(5)17/h3-4,8-9,18-19,21H,2H2,1H3/t8?,9-,10?,11+/m1/s1. The number of aliphatic hydroxyl groups is 2. The van der Waals surface area contributed by atoms with Gasteiger partial charge in [0.15, 0.2) is 27.6 Å². The number of imidazole rings is 1. The molecule has 2 aromatic rings. The van der Waals surface area contributed by atoms with E-state index in [1.807, 2.05) is 0 Å². The van der Waals surface area contributed by atoms with Crippen LogP contribution in [-0.2, 0) is 4.74 Å². The lowest BCUT2D eigenvalue weighted by Gasteiger charge is -2.25. The summed E-state index contributed by atoms with van der Waals surface area (Å²) in [5.74, 6) is 0. The number of halogens is 2. The third kappa shape index (κ3) is 2.03. The van der Waals surface area contributed by atoms with Gasteiger partial charge in [-0.05, 0) is 6.92 Å². The summed E-state index contributed by atoms with van der Waals surface area (Å²) in [6.07, 6.45) is -0.410. The van der Waals surface area contributed by atoms with Crippen LogP contribution in [0.25, 0.3) is 11.2 Å². The second kappa shape index (κ2) is 4.75. The topological polar surface area (TPSA) is 93.3 Å². The maximum atomic E-state index is 14.9. The van der Waals surface area contributed by atoms with E-state index in [9.17, 15) is 14.6 Å². The molecule has 1 aliphatic heterocycles. The van der Waals surface area contributed by atoms with Crippen molar-refractivity contribution in [3.05, 3.63) is 17.8 Å². The Morgan fingerprint density at radius 3 is 2.86 bits per heavy atom. The molecule has 4 atom stereocenters. The van der Waals surface area contributed by atoms with Gasteiger partial charge in [0.2, 0.25) is 0 Å². The molecule has 0 spiro atoms. The molecule has 0 amide bonds. The molecule has 0 saturated carbocycles. The number of thiol groups is 1. The molecule has 0 aromatic carbocycles. The molecule has 0 radical (unpaired) electrons. The largest absolute Gasteiger partial charge is 0.392 e. The molecular formula is C11H12ClFN4O3S. The monoisotopic (exact) mass is 334 g/mol. The number of alkyl halides is 1. The van der Waals surface area contributed by atoms with Crippen molar-refractivity contribution < 1.29 is 19.3 Å². The van der Waals surface area contributed by atoms with E-state index in [2.05, 4.69) is 27.6 Å². The summed E-state index contributed by atoms with van der Waals surface area (Å²) >= 11 is 9.93. The fourth-order valence-corrected chi connectivity index (χ4v) is 2.93. The highest BCUT2D eigenvalue weighted by Crippen LogP contribution is 2.48. The number of aromatic nitrogens is 4. The van der Waals surface area contributed by atoms with Crippen molar-refractivity contribution in [3.63, 3.8) is 0 Å². The van der Waals surface area contributed by atoms with E-state index >= 15 is 0 Å². The Kier molecular flexibility index (Phi) is 3.37. The van der Waals surface area contributed by atoms with Crippen molar-refractivity contribution in [3.8, 4) is 0 Å². The summed E-state index contributed by atoms with van der Waals surface area (Å²) in [5, 5.41) is 19.5. The molecule has 1 aliphatic rings. The highest BCUT2D eigenvalue weighted by atomic mass is 35.5. The molecule has 3 heterocycles. The molecule has 0 bridgehead atoms. The van der Waals surface area contributed by atoms with Crippen LogP contribution < -0.4 is 0 Å². The number of hydrogen-bond acceptors (Lipinski definition) is 7. The van der Waals surface area contributed by atoms with Crippen molar-refractivity contribution in [1.82, 2.24) is 19.5 Å². The van der Waals surface area contributed by atoms with Gasteiger partial charge in [-0.3, -0.25) is 4.57 Å². The molecule has 1 saturated heterocycles. The number of aliphatic hydroxyl groups excluding tert-OH is 2. The maximum Gasteiger partial charge on any atom is 0.182 e. The molecule has 2 aromatic heterocycles. The Hall–Kier alpha value is -1.00. The third-order valence-corrected chi connectivity index (χ3v) is 4.32. The van der Waals surface area contributed by atoms with Crippen LogP contribution in [0.2, 0.25) is 5.15 Å². The van der Waals surface area contributed by atoms with Gasteiger partial charge in [0.1, 0.15) is 17.9 Å². The van der Waals surface area contributed by atoms with Crippen LogP contribution in [0.3, 0.4) is 0 Å². The van der Waals surface area contributed by atoms with Crippen molar-refractivity contribution in [1.29, 1.82) is 0 Å². The number of nitrogens with zero attached hydrogens (tertiary/aromatic N) is 4. The summed E-state index contributed by atoms with van der Waals surface area (Å²) in [6, 6.07) is 0. The van der Waals surface area contributed by atoms with E-state index in [1.165, 1.54) is 17.2 Å². The second-order valence-corrected chi connectivity index (χ2v) is 6.13. The van der Waals surface area contributed by atoms with Crippen LogP contribution in [0.4, 0.5) is 4.39 Å². The zero-order chi connectivity index (χ0) is 15.4. The molecule has 114 valence electrons. The molecular weight excluding hydrogens is 323 g/mol. The summed E-state index contributed by atoms with van der Waals surface area (Å²) in [6.45, 7) is 0.500. The molecule has 1 fully saturated rings. The first kappa shape index (κ1) is 14.9.